The molecule has 0 aliphatic carbocycles. The van der Waals surface area contributed by atoms with Gasteiger partial charge in [-0.15, -0.1) is 0 Å². The molecule has 0 saturated carbocycles. The van der Waals surface area contributed by atoms with Crippen molar-refractivity contribution in [2.75, 3.05) is 33.4 Å². The van der Waals surface area contributed by atoms with Crippen LogP contribution in [0.2, 0.25) is 0 Å². The van der Waals surface area contributed by atoms with Crippen molar-refractivity contribution in [1.82, 2.24) is 4.90 Å². The quantitative estimate of drug-likeness (QED) is 0.841. The second kappa shape index (κ2) is 8.11. The van der Waals surface area contributed by atoms with Gasteiger partial charge in [-0.25, -0.2) is 0 Å². The fourth-order valence-electron chi connectivity index (χ4n) is 3.07. The van der Waals surface area contributed by atoms with E-state index in [1.165, 1.54) is 5.56 Å². The lowest BCUT2D eigenvalue weighted by Gasteiger charge is -2.39. The molecule has 1 aliphatic heterocycles. The highest BCUT2D eigenvalue weighted by atomic mass is 16.5. The van der Waals surface area contributed by atoms with E-state index in [-0.39, 0.29) is 0 Å². The second-order valence-corrected chi connectivity index (χ2v) is 5.98. The lowest BCUT2D eigenvalue weighted by atomic mass is 9.77. The van der Waals surface area contributed by atoms with Gasteiger partial charge in [-0.05, 0) is 31.4 Å². The summed E-state index contributed by atoms with van der Waals surface area (Å²) in [7, 11) is 1.62. The number of carboxylic acids is 1. The predicted molar refractivity (Wildman–Crippen MR) is 87.7 cm³/mol. The molecule has 120 valence electrons. The number of nitrogens with zero attached hydrogens (tertiary/aromatic N) is 1. The zero-order valence-corrected chi connectivity index (χ0v) is 13.2. The standard InChI is InChI=1S/C18H25NO3/c1-22-14-11-18(17(20)21)10-6-13-19(15-18)12-5-9-16-7-3-2-4-8-16/h2-5,7-9H,6,10-15H2,1H3,(H,20,21)/b9-5+/t18-/m1/s1. The molecule has 1 heterocycles. The number of hydrogen-bond donors (Lipinski definition) is 1. The molecule has 1 atom stereocenters. The number of carboxylic acid groups (broad SMARTS) is 1. The summed E-state index contributed by atoms with van der Waals surface area (Å²) >= 11 is 0. The third kappa shape index (κ3) is 4.42. The fourth-order valence-corrected chi connectivity index (χ4v) is 3.07. The fraction of sp³-hybridized carbons (Fsp3) is 0.500. The van der Waals surface area contributed by atoms with Gasteiger partial charge in [-0.2, -0.15) is 0 Å². The van der Waals surface area contributed by atoms with Gasteiger partial charge in [0.2, 0.25) is 0 Å². The summed E-state index contributed by atoms with van der Waals surface area (Å²) in [5, 5.41) is 9.64. The Morgan fingerprint density at radius 3 is 2.86 bits per heavy atom. The van der Waals surface area contributed by atoms with Crippen LogP contribution in [0.15, 0.2) is 36.4 Å². The molecule has 0 radical (unpaired) electrons. The highest BCUT2D eigenvalue weighted by Crippen LogP contribution is 2.33. The summed E-state index contributed by atoms with van der Waals surface area (Å²) in [5.41, 5.74) is 0.512. The van der Waals surface area contributed by atoms with Crippen LogP contribution in [0.25, 0.3) is 6.08 Å². The Balaban J connectivity index is 1.94. The van der Waals surface area contributed by atoms with Crippen LogP contribution < -0.4 is 0 Å². The highest BCUT2D eigenvalue weighted by molar-refractivity contribution is 5.75. The van der Waals surface area contributed by atoms with E-state index in [2.05, 4.69) is 29.2 Å². The molecular weight excluding hydrogens is 278 g/mol. The summed E-state index contributed by atoms with van der Waals surface area (Å²) < 4.78 is 5.10. The van der Waals surface area contributed by atoms with E-state index in [4.69, 9.17) is 4.74 Å². The molecule has 22 heavy (non-hydrogen) atoms. The zero-order valence-electron chi connectivity index (χ0n) is 13.2. The first-order chi connectivity index (χ1) is 10.7. The van der Waals surface area contributed by atoms with Crippen molar-refractivity contribution in [2.24, 2.45) is 5.41 Å². The smallest absolute Gasteiger partial charge is 0.311 e. The van der Waals surface area contributed by atoms with Crippen LogP contribution >= 0.6 is 0 Å². The minimum absolute atomic E-state index is 0.500. The summed E-state index contributed by atoms with van der Waals surface area (Å²) in [5.74, 6) is -0.693. The van der Waals surface area contributed by atoms with E-state index in [9.17, 15) is 9.90 Å². The third-order valence-corrected chi connectivity index (χ3v) is 4.37. The Hall–Kier alpha value is -1.65. The maximum Gasteiger partial charge on any atom is 0.311 e. The Labute approximate surface area is 132 Å². The number of benzene rings is 1. The van der Waals surface area contributed by atoms with Crippen molar-refractivity contribution in [3.05, 3.63) is 42.0 Å². The van der Waals surface area contributed by atoms with Crippen LogP contribution in [0.5, 0.6) is 0 Å². The van der Waals surface area contributed by atoms with E-state index in [1.54, 1.807) is 7.11 Å². The molecule has 0 unspecified atom stereocenters. The molecule has 2 rings (SSSR count). The molecule has 0 bridgehead atoms. The minimum atomic E-state index is -0.693. The molecule has 4 nitrogen and oxygen atoms in total. The summed E-state index contributed by atoms with van der Waals surface area (Å²) in [6, 6.07) is 10.2. The van der Waals surface area contributed by atoms with Gasteiger partial charge in [0.05, 0.1) is 5.41 Å². The van der Waals surface area contributed by atoms with Gasteiger partial charge in [-0.1, -0.05) is 42.5 Å². The van der Waals surface area contributed by atoms with Crippen LogP contribution in [0.3, 0.4) is 0 Å². The van der Waals surface area contributed by atoms with Crippen molar-refractivity contribution in [3.8, 4) is 0 Å². The molecule has 1 aliphatic rings. The molecule has 1 fully saturated rings. The number of hydrogen-bond acceptors (Lipinski definition) is 3. The van der Waals surface area contributed by atoms with Crippen LogP contribution in [-0.4, -0.2) is 49.3 Å². The second-order valence-electron chi connectivity index (χ2n) is 5.98. The van der Waals surface area contributed by atoms with Crippen molar-refractivity contribution >= 4 is 12.0 Å². The van der Waals surface area contributed by atoms with Gasteiger partial charge >= 0.3 is 5.97 Å². The van der Waals surface area contributed by atoms with Crippen molar-refractivity contribution in [3.63, 3.8) is 0 Å². The first-order valence-electron chi connectivity index (χ1n) is 7.82. The third-order valence-electron chi connectivity index (χ3n) is 4.37. The van der Waals surface area contributed by atoms with Gasteiger partial charge in [0.15, 0.2) is 0 Å². The Morgan fingerprint density at radius 1 is 1.41 bits per heavy atom. The van der Waals surface area contributed by atoms with Gasteiger partial charge < -0.3 is 9.84 Å². The first kappa shape index (κ1) is 16.7. The number of piperidine rings is 1. The van der Waals surface area contributed by atoms with E-state index < -0.39 is 11.4 Å². The SMILES string of the molecule is COCC[C@]1(C(=O)O)CCCN(C/C=C/c2ccccc2)C1. The van der Waals surface area contributed by atoms with Gasteiger partial charge in [0, 0.05) is 26.8 Å². The maximum absolute atomic E-state index is 11.7. The highest BCUT2D eigenvalue weighted by Gasteiger charge is 2.41. The number of rotatable bonds is 7. The van der Waals surface area contributed by atoms with Gasteiger partial charge in [0.1, 0.15) is 0 Å². The Kier molecular flexibility index (Phi) is 6.16. The van der Waals surface area contributed by atoms with Crippen molar-refractivity contribution in [1.29, 1.82) is 0 Å². The summed E-state index contributed by atoms with van der Waals surface area (Å²) in [6.07, 6.45) is 6.45. The number of aliphatic carboxylic acids is 1. The normalized spacial score (nSPS) is 23.0. The zero-order chi connectivity index (χ0) is 15.8. The number of carbonyl (C=O) groups is 1. The molecule has 1 aromatic rings. The number of methoxy groups -OCH3 is 1. The summed E-state index contributed by atoms with van der Waals surface area (Å²) in [6.45, 7) is 2.85. The molecule has 4 heteroatoms. The lowest BCUT2D eigenvalue weighted by molar-refractivity contribution is -0.154. The predicted octanol–water partition coefficient (Wildman–Crippen LogP) is 2.90. The topological polar surface area (TPSA) is 49.8 Å². The Bertz CT molecular complexity index is 500. The molecule has 1 saturated heterocycles. The Morgan fingerprint density at radius 2 is 2.18 bits per heavy atom. The maximum atomic E-state index is 11.7. The van der Waals surface area contributed by atoms with E-state index in [1.807, 2.05) is 18.2 Å². The average molecular weight is 303 g/mol. The van der Waals surface area contributed by atoms with E-state index >= 15 is 0 Å². The lowest BCUT2D eigenvalue weighted by Crippen LogP contribution is -2.48. The van der Waals surface area contributed by atoms with Crippen LogP contribution in [0.1, 0.15) is 24.8 Å². The van der Waals surface area contributed by atoms with Crippen LogP contribution in [0, 0.1) is 5.41 Å². The largest absolute Gasteiger partial charge is 0.481 e. The summed E-state index contributed by atoms with van der Waals surface area (Å²) in [4.78, 5) is 14.0. The molecular formula is C18H25NO3. The van der Waals surface area contributed by atoms with Crippen molar-refractivity contribution < 1.29 is 14.6 Å². The number of ether oxygens (including phenoxy) is 1. The van der Waals surface area contributed by atoms with E-state index in [0.717, 1.165) is 25.9 Å². The molecule has 1 aromatic carbocycles. The molecule has 0 aromatic heterocycles. The average Bonchev–Trinajstić information content (AvgIpc) is 2.54. The van der Waals surface area contributed by atoms with E-state index in [0.29, 0.717) is 19.6 Å². The first-order valence-corrected chi connectivity index (χ1v) is 7.82. The van der Waals surface area contributed by atoms with Gasteiger partial charge in [-0.3, -0.25) is 9.69 Å². The monoisotopic (exact) mass is 303 g/mol. The molecule has 1 N–H and O–H groups in total. The molecule has 0 amide bonds. The van der Waals surface area contributed by atoms with Gasteiger partial charge in [0.25, 0.3) is 0 Å². The minimum Gasteiger partial charge on any atom is -0.481 e. The van der Waals surface area contributed by atoms with Crippen LogP contribution in [-0.2, 0) is 9.53 Å². The van der Waals surface area contributed by atoms with Crippen LogP contribution in [0.4, 0.5) is 0 Å². The van der Waals surface area contributed by atoms with Crippen molar-refractivity contribution in [2.45, 2.75) is 19.3 Å². The molecule has 0 spiro atoms. The number of likely N-dealkylation sites (tertiary alicyclic amines) is 1.